The maximum atomic E-state index is 12.7. The van der Waals surface area contributed by atoms with E-state index in [9.17, 15) is 9.59 Å². The lowest BCUT2D eigenvalue weighted by atomic mass is 9.99. The number of carbonyl (C=O) groups excluding carboxylic acids is 2. The van der Waals surface area contributed by atoms with E-state index in [4.69, 9.17) is 4.74 Å². The van der Waals surface area contributed by atoms with Crippen LogP contribution in [-0.4, -0.2) is 29.4 Å². The number of benzene rings is 2. The summed E-state index contributed by atoms with van der Waals surface area (Å²) in [4.78, 5) is 26.3. The van der Waals surface area contributed by atoms with Gasteiger partial charge >= 0.3 is 0 Å². The summed E-state index contributed by atoms with van der Waals surface area (Å²) >= 11 is 0. The zero-order chi connectivity index (χ0) is 17.4. The SMILES string of the molecule is CC1Oc2ccc(CC(=O)N3CCc4ccccc4C3)cc2NC1=O. The lowest BCUT2D eigenvalue weighted by Crippen LogP contribution is -2.37. The zero-order valence-corrected chi connectivity index (χ0v) is 14.1. The third kappa shape index (κ3) is 3.09. The molecule has 1 N–H and O–H groups in total. The van der Waals surface area contributed by atoms with Gasteiger partial charge in [0.15, 0.2) is 6.10 Å². The van der Waals surface area contributed by atoms with Gasteiger partial charge in [-0.1, -0.05) is 30.3 Å². The largest absolute Gasteiger partial charge is 0.479 e. The van der Waals surface area contributed by atoms with E-state index in [1.54, 1.807) is 6.92 Å². The second kappa shape index (κ2) is 6.24. The van der Waals surface area contributed by atoms with Crippen molar-refractivity contribution in [1.82, 2.24) is 4.90 Å². The normalized spacial score (nSPS) is 18.7. The van der Waals surface area contributed by atoms with Crippen LogP contribution >= 0.6 is 0 Å². The number of nitrogens with zero attached hydrogens (tertiary/aromatic N) is 1. The number of carbonyl (C=O) groups is 2. The Balaban J connectivity index is 1.47. The highest BCUT2D eigenvalue weighted by atomic mass is 16.5. The summed E-state index contributed by atoms with van der Waals surface area (Å²) in [6.07, 6.45) is 0.725. The van der Waals surface area contributed by atoms with Crippen LogP contribution < -0.4 is 10.1 Å². The minimum Gasteiger partial charge on any atom is -0.479 e. The molecular weight excluding hydrogens is 316 g/mol. The third-order valence-corrected chi connectivity index (χ3v) is 4.81. The highest BCUT2D eigenvalue weighted by Crippen LogP contribution is 2.30. The molecule has 5 nitrogen and oxygen atoms in total. The van der Waals surface area contributed by atoms with Gasteiger partial charge in [0.2, 0.25) is 5.91 Å². The number of nitrogens with one attached hydrogen (secondary N) is 1. The number of anilines is 1. The molecule has 0 aromatic heterocycles. The Hall–Kier alpha value is -2.82. The zero-order valence-electron chi connectivity index (χ0n) is 14.1. The lowest BCUT2D eigenvalue weighted by Gasteiger charge is -2.29. The Kier molecular flexibility index (Phi) is 3.92. The van der Waals surface area contributed by atoms with Crippen LogP contribution in [0.3, 0.4) is 0 Å². The summed E-state index contributed by atoms with van der Waals surface area (Å²) in [5.41, 5.74) is 4.06. The summed E-state index contributed by atoms with van der Waals surface area (Å²) in [6, 6.07) is 13.8. The Bertz CT molecular complexity index is 847. The van der Waals surface area contributed by atoms with Crippen molar-refractivity contribution < 1.29 is 14.3 Å². The Morgan fingerprint density at radius 2 is 2.04 bits per heavy atom. The summed E-state index contributed by atoms with van der Waals surface area (Å²) in [6.45, 7) is 3.12. The van der Waals surface area contributed by atoms with Crippen LogP contribution in [0.5, 0.6) is 5.75 Å². The van der Waals surface area contributed by atoms with Gasteiger partial charge in [0.05, 0.1) is 12.1 Å². The molecule has 5 heteroatoms. The van der Waals surface area contributed by atoms with E-state index in [1.807, 2.05) is 35.2 Å². The van der Waals surface area contributed by atoms with Crippen molar-refractivity contribution in [2.75, 3.05) is 11.9 Å². The average Bonchev–Trinajstić information content (AvgIpc) is 2.62. The Morgan fingerprint density at radius 1 is 1.24 bits per heavy atom. The van der Waals surface area contributed by atoms with Crippen LogP contribution in [-0.2, 0) is 29.0 Å². The molecule has 4 rings (SSSR count). The first-order chi connectivity index (χ1) is 12.1. The molecule has 0 aliphatic carbocycles. The molecule has 2 aromatic rings. The van der Waals surface area contributed by atoms with Crippen molar-refractivity contribution in [3.05, 3.63) is 59.2 Å². The molecule has 2 heterocycles. The maximum Gasteiger partial charge on any atom is 0.265 e. The topological polar surface area (TPSA) is 58.6 Å². The molecule has 0 radical (unpaired) electrons. The fourth-order valence-electron chi connectivity index (χ4n) is 3.36. The number of hydrogen-bond acceptors (Lipinski definition) is 3. The minimum absolute atomic E-state index is 0.103. The average molecular weight is 336 g/mol. The highest BCUT2D eigenvalue weighted by Gasteiger charge is 2.25. The van der Waals surface area contributed by atoms with E-state index in [0.717, 1.165) is 18.5 Å². The van der Waals surface area contributed by atoms with Crippen LogP contribution in [0, 0.1) is 0 Å². The summed E-state index contributed by atoms with van der Waals surface area (Å²) in [5, 5.41) is 2.83. The Labute approximate surface area is 146 Å². The van der Waals surface area contributed by atoms with Gasteiger partial charge in [-0.25, -0.2) is 0 Å². The van der Waals surface area contributed by atoms with Gasteiger partial charge in [-0.3, -0.25) is 9.59 Å². The second-order valence-electron chi connectivity index (χ2n) is 6.59. The van der Waals surface area contributed by atoms with Crippen molar-refractivity contribution in [2.24, 2.45) is 0 Å². The molecule has 0 fully saturated rings. The van der Waals surface area contributed by atoms with Crippen molar-refractivity contribution >= 4 is 17.5 Å². The lowest BCUT2D eigenvalue weighted by molar-refractivity contribution is -0.131. The van der Waals surface area contributed by atoms with E-state index < -0.39 is 6.10 Å². The van der Waals surface area contributed by atoms with E-state index in [-0.39, 0.29) is 11.8 Å². The summed E-state index contributed by atoms with van der Waals surface area (Å²) in [7, 11) is 0. The molecule has 128 valence electrons. The smallest absolute Gasteiger partial charge is 0.265 e. The number of amides is 2. The standard InChI is InChI=1S/C20H20N2O3/c1-13-20(24)21-17-10-14(6-7-18(17)25-13)11-19(23)22-9-8-15-4-2-3-5-16(15)12-22/h2-7,10,13H,8-9,11-12H2,1H3,(H,21,24). The quantitative estimate of drug-likeness (QED) is 0.917. The van der Waals surface area contributed by atoms with Crippen LogP contribution in [0.2, 0.25) is 0 Å². The molecule has 1 unspecified atom stereocenters. The van der Waals surface area contributed by atoms with Crippen molar-refractivity contribution in [2.45, 2.75) is 32.4 Å². The molecule has 2 aliphatic heterocycles. The molecule has 2 aliphatic rings. The third-order valence-electron chi connectivity index (χ3n) is 4.81. The number of rotatable bonds is 2. The first-order valence-corrected chi connectivity index (χ1v) is 8.55. The van der Waals surface area contributed by atoms with Crippen molar-refractivity contribution in [3.63, 3.8) is 0 Å². The fourth-order valence-corrected chi connectivity index (χ4v) is 3.36. The molecule has 0 saturated heterocycles. The maximum absolute atomic E-state index is 12.7. The Morgan fingerprint density at radius 3 is 2.88 bits per heavy atom. The number of fused-ring (bicyclic) bond motifs is 2. The molecule has 2 aromatic carbocycles. The molecule has 0 spiro atoms. The van der Waals surface area contributed by atoms with Gasteiger partial charge in [0.25, 0.3) is 5.91 Å². The van der Waals surface area contributed by atoms with Crippen molar-refractivity contribution in [3.8, 4) is 5.75 Å². The predicted octanol–water partition coefficient (Wildman–Crippen LogP) is 2.53. The van der Waals surface area contributed by atoms with Gasteiger partial charge in [0.1, 0.15) is 5.75 Å². The first kappa shape index (κ1) is 15.7. The van der Waals surface area contributed by atoms with E-state index >= 15 is 0 Å². The van der Waals surface area contributed by atoms with Crippen LogP contribution in [0.4, 0.5) is 5.69 Å². The van der Waals surface area contributed by atoms with E-state index in [0.29, 0.717) is 24.4 Å². The first-order valence-electron chi connectivity index (χ1n) is 8.55. The molecular formula is C20H20N2O3. The van der Waals surface area contributed by atoms with E-state index in [1.165, 1.54) is 11.1 Å². The monoisotopic (exact) mass is 336 g/mol. The van der Waals surface area contributed by atoms with Gasteiger partial charge in [-0.05, 0) is 42.2 Å². The second-order valence-corrected chi connectivity index (χ2v) is 6.59. The number of ether oxygens (including phenoxy) is 1. The summed E-state index contributed by atoms with van der Waals surface area (Å²) in [5.74, 6) is 0.588. The molecule has 2 amide bonds. The van der Waals surface area contributed by atoms with Gasteiger partial charge < -0.3 is 15.0 Å². The van der Waals surface area contributed by atoms with Crippen LogP contribution in [0.25, 0.3) is 0 Å². The van der Waals surface area contributed by atoms with Crippen molar-refractivity contribution in [1.29, 1.82) is 0 Å². The molecule has 0 bridgehead atoms. The molecule has 25 heavy (non-hydrogen) atoms. The highest BCUT2D eigenvalue weighted by molar-refractivity contribution is 5.97. The van der Waals surface area contributed by atoms with Gasteiger partial charge in [-0.2, -0.15) is 0 Å². The number of hydrogen-bond donors (Lipinski definition) is 1. The fraction of sp³-hybridized carbons (Fsp3) is 0.300. The van der Waals surface area contributed by atoms with Gasteiger partial charge in [-0.15, -0.1) is 0 Å². The van der Waals surface area contributed by atoms with Crippen LogP contribution in [0.15, 0.2) is 42.5 Å². The van der Waals surface area contributed by atoms with Gasteiger partial charge in [0, 0.05) is 13.1 Å². The van der Waals surface area contributed by atoms with E-state index in [2.05, 4.69) is 17.4 Å². The minimum atomic E-state index is -0.492. The van der Waals surface area contributed by atoms with Crippen LogP contribution in [0.1, 0.15) is 23.6 Å². The molecule has 0 saturated carbocycles. The molecule has 1 atom stereocenters. The summed E-state index contributed by atoms with van der Waals surface area (Å²) < 4.78 is 5.55. The predicted molar refractivity (Wildman–Crippen MR) is 94.4 cm³/mol.